The third-order valence-corrected chi connectivity index (χ3v) is 2.36. The summed E-state index contributed by atoms with van der Waals surface area (Å²) >= 11 is 0. The fraction of sp³-hybridized carbons (Fsp3) is 0.143. The summed E-state index contributed by atoms with van der Waals surface area (Å²) in [5.41, 5.74) is 0.480. The monoisotopic (exact) mass is 268 g/mol. The second-order valence-electron chi connectivity index (χ2n) is 3.80. The molecule has 1 rings (SSSR count). The number of benzene rings is 1. The van der Waals surface area contributed by atoms with Crippen LogP contribution < -0.4 is 0 Å². The number of Topliss-reactive ketones (excluding diaryl/α,β-unsaturated/α-hetero) is 2. The Morgan fingerprint density at radius 1 is 1.20 bits per heavy atom. The quantitative estimate of drug-likeness (QED) is 0.580. The largest absolute Gasteiger partial charge is 0.313 e. The topological polar surface area (TPSA) is 118 Å². The van der Waals surface area contributed by atoms with Gasteiger partial charge in [-0.3, -0.25) is 20.0 Å². The fourth-order valence-electron chi connectivity index (χ4n) is 1.31. The number of nitrogens with one attached hydrogen (secondary N) is 2. The molecule has 6 nitrogen and oxygen atoms in total. The van der Waals surface area contributed by atoms with Crippen LogP contribution in [-0.4, -0.2) is 29.7 Å². The number of nitrogens with zero attached hydrogens (tertiary/aromatic N) is 2. The van der Waals surface area contributed by atoms with Crippen molar-refractivity contribution in [2.75, 3.05) is 0 Å². The SMILES string of the molecule is N#Cc1ccc(N=CCC(=O)C(=N)C(=O)CC=N)cc1. The van der Waals surface area contributed by atoms with Crippen LogP contribution >= 0.6 is 0 Å². The minimum absolute atomic E-state index is 0.150. The second kappa shape index (κ2) is 7.48. The second-order valence-corrected chi connectivity index (χ2v) is 3.80. The summed E-state index contributed by atoms with van der Waals surface area (Å²) in [5, 5.41) is 22.7. The van der Waals surface area contributed by atoms with Gasteiger partial charge in [0.1, 0.15) is 5.71 Å². The van der Waals surface area contributed by atoms with Crippen LogP contribution in [0.4, 0.5) is 5.69 Å². The molecule has 0 radical (unpaired) electrons. The van der Waals surface area contributed by atoms with Gasteiger partial charge < -0.3 is 5.41 Å². The van der Waals surface area contributed by atoms with Gasteiger partial charge in [-0.05, 0) is 24.3 Å². The van der Waals surface area contributed by atoms with E-state index in [-0.39, 0.29) is 12.8 Å². The average Bonchev–Trinajstić information content (AvgIpc) is 2.47. The molecule has 100 valence electrons. The first-order chi connectivity index (χ1) is 9.58. The summed E-state index contributed by atoms with van der Waals surface area (Å²) in [6.07, 6.45) is 1.78. The van der Waals surface area contributed by atoms with Crippen LogP contribution in [0.25, 0.3) is 0 Å². The molecule has 0 amide bonds. The molecule has 0 aliphatic heterocycles. The summed E-state index contributed by atoms with van der Waals surface area (Å²) in [5.74, 6) is -1.30. The molecule has 1 aromatic rings. The smallest absolute Gasteiger partial charge is 0.189 e. The van der Waals surface area contributed by atoms with Crippen LogP contribution in [0, 0.1) is 22.1 Å². The Bertz CT molecular complexity index is 609. The highest BCUT2D eigenvalue weighted by molar-refractivity contribution is 6.66. The van der Waals surface area contributed by atoms with Gasteiger partial charge in [0.15, 0.2) is 11.6 Å². The molecule has 6 heteroatoms. The van der Waals surface area contributed by atoms with E-state index in [9.17, 15) is 9.59 Å². The average molecular weight is 268 g/mol. The van der Waals surface area contributed by atoms with E-state index in [2.05, 4.69) is 4.99 Å². The maximum absolute atomic E-state index is 11.5. The van der Waals surface area contributed by atoms with Gasteiger partial charge in [-0.15, -0.1) is 0 Å². The molecule has 0 aliphatic rings. The highest BCUT2D eigenvalue weighted by atomic mass is 16.1. The first kappa shape index (κ1) is 15.1. The highest BCUT2D eigenvalue weighted by Gasteiger charge is 2.15. The highest BCUT2D eigenvalue weighted by Crippen LogP contribution is 2.11. The number of hydrogen-bond donors (Lipinski definition) is 2. The van der Waals surface area contributed by atoms with Crippen molar-refractivity contribution in [2.45, 2.75) is 12.8 Å². The molecule has 0 bridgehead atoms. The Morgan fingerprint density at radius 2 is 1.80 bits per heavy atom. The molecule has 0 heterocycles. The summed E-state index contributed by atoms with van der Waals surface area (Å²) < 4.78 is 0. The zero-order chi connectivity index (χ0) is 15.0. The van der Waals surface area contributed by atoms with Crippen molar-refractivity contribution in [3.05, 3.63) is 29.8 Å². The minimum Gasteiger partial charge on any atom is -0.313 e. The molecular weight excluding hydrogens is 256 g/mol. The zero-order valence-corrected chi connectivity index (χ0v) is 10.6. The zero-order valence-electron chi connectivity index (χ0n) is 10.6. The van der Waals surface area contributed by atoms with Crippen molar-refractivity contribution in [3.8, 4) is 6.07 Å². The molecule has 0 unspecified atom stereocenters. The Labute approximate surface area is 115 Å². The van der Waals surface area contributed by atoms with E-state index in [1.807, 2.05) is 6.07 Å². The van der Waals surface area contributed by atoms with Crippen molar-refractivity contribution in [1.29, 1.82) is 16.1 Å². The molecule has 0 aromatic heterocycles. The molecule has 0 saturated heterocycles. The van der Waals surface area contributed by atoms with Gasteiger partial charge in [-0.1, -0.05) is 0 Å². The molecule has 0 atom stereocenters. The van der Waals surface area contributed by atoms with Crippen LogP contribution in [0.5, 0.6) is 0 Å². The molecule has 0 aliphatic carbocycles. The summed E-state index contributed by atoms with van der Waals surface area (Å²) in [7, 11) is 0. The first-order valence-corrected chi connectivity index (χ1v) is 5.75. The predicted molar refractivity (Wildman–Crippen MR) is 75.1 cm³/mol. The van der Waals surface area contributed by atoms with Gasteiger partial charge in [0.2, 0.25) is 0 Å². The van der Waals surface area contributed by atoms with Crippen molar-refractivity contribution < 1.29 is 9.59 Å². The third-order valence-electron chi connectivity index (χ3n) is 2.36. The number of hydrogen-bond acceptors (Lipinski definition) is 6. The maximum Gasteiger partial charge on any atom is 0.189 e. The van der Waals surface area contributed by atoms with Crippen molar-refractivity contribution in [3.63, 3.8) is 0 Å². The Morgan fingerprint density at radius 3 is 2.35 bits per heavy atom. The van der Waals surface area contributed by atoms with Gasteiger partial charge >= 0.3 is 0 Å². The maximum atomic E-state index is 11.5. The van der Waals surface area contributed by atoms with Crippen molar-refractivity contribution in [1.82, 2.24) is 0 Å². The van der Waals surface area contributed by atoms with Crippen LogP contribution in [-0.2, 0) is 9.59 Å². The third kappa shape index (κ3) is 4.38. The number of nitriles is 1. The number of rotatable bonds is 7. The molecule has 2 N–H and O–H groups in total. The van der Waals surface area contributed by atoms with E-state index < -0.39 is 17.3 Å². The molecule has 1 aromatic carbocycles. The van der Waals surface area contributed by atoms with Crippen LogP contribution in [0.2, 0.25) is 0 Å². The van der Waals surface area contributed by atoms with E-state index in [1.54, 1.807) is 24.3 Å². The first-order valence-electron chi connectivity index (χ1n) is 5.75. The van der Waals surface area contributed by atoms with Gasteiger partial charge in [0.25, 0.3) is 0 Å². The lowest BCUT2D eigenvalue weighted by atomic mass is 10.1. The van der Waals surface area contributed by atoms with Crippen LogP contribution in [0.3, 0.4) is 0 Å². The van der Waals surface area contributed by atoms with E-state index in [4.69, 9.17) is 16.1 Å². The van der Waals surface area contributed by atoms with Gasteiger partial charge in [-0.2, -0.15) is 5.26 Å². The number of aliphatic imine (C=N–C) groups is 1. The van der Waals surface area contributed by atoms with Gasteiger partial charge in [0, 0.05) is 25.3 Å². The van der Waals surface area contributed by atoms with E-state index in [1.165, 1.54) is 6.21 Å². The molecule has 0 saturated carbocycles. The lowest BCUT2D eigenvalue weighted by molar-refractivity contribution is -0.115. The van der Waals surface area contributed by atoms with Crippen LogP contribution in [0.15, 0.2) is 29.3 Å². The van der Waals surface area contributed by atoms with E-state index in [0.29, 0.717) is 11.3 Å². The van der Waals surface area contributed by atoms with E-state index in [0.717, 1.165) is 6.21 Å². The van der Waals surface area contributed by atoms with Gasteiger partial charge in [-0.25, -0.2) is 0 Å². The number of carbonyl (C=O) groups excluding carboxylic acids is 2. The molecular formula is C14H12N4O2. The normalized spacial score (nSPS) is 9.95. The number of carbonyl (C=O) groups is 2. The fourth-order valence-corrected chi connectivity index (χ4v) is 1.31. The van der Waals surface area contributed by atoms with Crippen molar-refractivity contribution in [2.24, 2.45) is 4.99 Å². The summed E-state index contributed by atoms with van der Waals surface area (Å²) in [6, 6.07) is 8.44. The molecule has 0 spiro atoms. The number of ketones is 2. The van der Waals surface area contributed by atoms with Crippen LogP contribution in [0.1, 0.15) is 18.4 Å². The minimum atomic E-state index is -0.670. The van der Waals surface area contributed by atoms with Gasteiger partial charge in [0.05, 0.1) is 17.3 Å². The Hall–Kier alpha value is -2.94. The van der Waals surface area contributed by atoms with E-state index >= 15 is 0 Å². The Kier molecular flexibility index (Phi) is 5.66. The summed E-state index contributed by atoms with van der Waals surface area (Å²) in [4.78, 5) is 26.7. The lowest BCUT2D eigenvalue weighted by Crippen LogP contribution is -2.23. The lowest BCUT2D eigenvalue weighted by Gasteiger charge is -1.97. The van der Waals surface area contributed by atoms with Crippen molar-refractivity contribution >= 4 is 35.4 Å². The standard InChI is InChI=1S/C14H12N4O2/c15-7-5-12(19)14(17)13(20)6-8-18-11-3-1-10(9-16)2-4-11/h1-4,7-8,15,17H,5-6H2. The molecule has 0 fully saturated rings. The predicted octanol–water partition coefficient (Wildman–Crippen LogP) is 1.85. The summed E-state index contributed by atoms with van der Waals surface area (Å²) in [6.45, 7) is 0. The molecule has 20 heavy (non-hydrogen) atoms. The Balaban J connectivity index is 2.57.